The lowest BCUT2D eigenvalue weighted by Gasteiger charge is -2.12. The summed E-state index contributed by atoms with van der Waals surface area (Å²) in [6.07, 6.45) is 4.32. The molecule has 3 rings (SSSR count). The summed E-state index contributed by atoms with van der Waals surface area (Å²) in [4.78, 5) is 16.6. The zero-order valence-corrected chi connectivity index (χ0v) is 16.5. The summed E-state index contributed by atoms with van der Waals surface area (Å²) in [5, 5.41) is 2.82. The number of carbonyl (C=O) groups is 1. The summed E-state index contributed by atoms with van der Waals surface area (Å²) in [5.41, 5.74) is 3.36. The standard InChI is InChI=1S/C21H21N3O3S/c1-24(2)28(26,27)20-9-5-18(6-10-20)21(25)23-19-7-3-16(4-8-19)15-17-11-13-22-14-12-17/h3-14H,15H2,1-2H3,(H,23,25). The van der Waals surface area contributed by atoms with Gasteiger partial charge < -0.3 is 5.32 Å². The van der Waals surface area contributed by atoms with Gasteiger partial charge in [-0.1, -0.05) is 12.1 Å². The Labute approximate surface area is 164 Å². The van der Waals surface area contributed by atoms with Gasteiger partial charge in [-0.3, -0.25) is 9.78 Å². The van der Waals surface area contributed by atoms with Crippen molar-refractivity contribution >= 4 is 21.6 Å². The molecule has 3 aromatic rings. The van der Waals surface area contributed by atoms with Gasteiger partial charge in [0.25, 0.3) is 5.91 Å². The predicted octanol–water partition coefficient (Wildman–Crippen LogP) is 3.18. The first-order valence-electron chi connectivity index (χ1n) is 8.68. The second kappa shape index (κ2) is 8.33. The minimum absolute atomic E-state index is 0.148. The van der Waals surface area contributed by atoms with Crippen molar-refractivity contribution in [1.29, 1.82) is 0 Å². The average molecular weight is 395 g/mol. The van der Waals surface area contributed by atoms with Gasteiger partial charge in [0.15, 0.2) is 0 Å². The Kier molecular flexibility index (Phi) is 5.87. The van der Waals surface area contributed by atoms with Crippen LogP contribution in [0.5, 0.6) is 0 Å². The molecule has 0 radical (unpaired) electrons. The molecule has 0 fully saturated rings. The monoisotopic (exact) mass is 395 g/mol. The fraction of sp³-hybridized carbons (Fsp3) is 0.143. The summed E-state index contributed by atoms with van der Waals surface area (Å²) < 4.78 is 25.3. The van der Waals surface area contributed by atoms with Gasteiger partial charge in [0.2, 0.25) is 10.0 Å². The van der Waals surface area contributed by atoms with E-state index in [0.29, 0.717) is 11.3 Å². The van der Waals surface area contributed by atoms with Crippen LogP contribution >= 0.6 is 0 Å². The summed E-state index contributed by atoms with van der Waals surface area (Å²) in [6.45, 7) is 0. The van der Waals surface area contributed by atoms with Gasteiger partial charge >= 0.3 is 0 Å². The number of aromatic nitrogens is 1. The Bertz CT molecular complexity index is 1050. The largest absolute Gasteiger partial charge is 0.322 e. The Morgan fingerprint density at radius 3 is 2.04 bits per heavy atom. The minimum Gasteiger partial charge on any atom is -0.322 e. The van der Waals surface area contributed by atoms with Gasteiger partial charge in [-0.2, -0.15) is 0 Å². The molecule has 1 heterocycles. The van der Waals surface area contributed by atoms with E-state index in [9.17, 15) is 13.2 Å². The molecule has 0 aliphatic carbocycles. The van der Waals surface area contributed by atoms with E-state index in [4.69, 9.17) is 0 Å². The summed E-state index contributed by atoms with van der Waals surface area (Å²) >= 11 is 0. The molecule has 7 heteroatoms. The molecule has 28 heavy (non-hydrogen) atoms. The number of sulfonamides is 1. The lowest BCUT2D eigenvalue weighted by atomic mass is 10.1. The molecular weight excluding hydrogens is 374 g/mol. The van der Waals surface area contributed by atoms with E-state index in [-0.39, 0.29) is 10.8 Å². The molecule has 0 aliphatic rings. The fourth-order valence-corrected chi connectivity index (χ4v) is 3.54. The van der Waals surface area contributed by atoms with Crippen LogP contribution in [0.3, 0.4) is 0 Å². The van der Waals surface area contributed by atoms with Crippen LogP contribution in [0, 0.1) is 0 Å². The third-order valence-electron chi connectivity index (χ3n) is 4.26. The lowest BCUT2D eigenvalue weighted by Crippen LogP contribution is -2.22. The van der Waals surface area contributed by atoms with Crippen molar-refractivity contribution in [3.63, 3.8) is 0 Å². The highest BCUT2D eigenvalue weighted by Gasteiger charge is 2.17. The molecule has 0 saturated carbocycles. The van der Waals surface area contributed by atoms with E-state index in [0.717, 1.165) is 16.3 Å². The number of hydrogen-bond acceptors (Lipinski definition) is 4. The maximum Gasteiger partial charge on any atom is 0.255 e. The van der Waals surface area contributed by atoms with Crippen molar-refractivity contribution in [3.05, 3.63) is 89.7 Å². The number of nitrogens with one attached hydrogen (secondary N) is 1. The number of hydrogen-bond donors (Lipinski definition) is 1. The van der Waals surface area contributed by atoms with E-state index < -0.39 is 10.0 Å². The quantitative estimate of drug-likeness (QED) is 0.695. The molecule has 0 atom stereocenters. The van der Waals surface area contributed by atoms with E-state index in [2.05, 4.69) is 10.3 Å². The van der Waals surface area contributed by atoms with Gasteiger partial charge in [0, 0.05) is 37.7 Å². The summed E-state index contributed by atoms with van der Waals surface area (Å²) in [6, 6.07) is 17.4. The summed E-state index contributed by atoms with van der Waals surface area (Å²) in [7, 11) is -0.578. The molecule has 6 nitrogen and oxygen atoms in total. The first kappa shape index (κ1) is 19.7. The van der Waals surface area contributed by atoms with E-state index in [1.165, 1.54) is 43.9 Å². The topological polar surface area (TPSA) is 79.4 Å². The molecule has 144 valence electrons. The molecule has 0 bridgehead atoms. The Morgan fingerprint density at radius 1 is 0.893 bits per heavy atom. The molecule has 2 aromatic carbocycles. The van der Waals surface area contributed by atoms with Crippen molar-refractivity contribution in [2.45, 2.75) is 11.3 Å². The molecule has 1 N–H and O–H groups in total. The first-order valence-corrected chi connectivity index (χ1v) is 10.1. The number of benzene rings is 2. The second-order valence-electron chi connectivity index (χ2n) is 6.50. The number of nitrogens with zero attached hydrogens (tertiary/aromatic N) is 2. The maximum atomic E-state index is 12.4. The van der Waals surface area contributed by atoms with Crippen LogP contribution in [0.4, 0.5) is 5.69 Å². The van der Waals surface area contributed by atoms with E-state index in [1.54, 1.807) is 12.4 Å². The zero-order chi connectivity index (χ0) is 20.1. The van der Waals surface area contributed by atoms with Crippen LogP contribution in [0.1, 0.15) is 21.5 Å². The molecule has 0 saturated heterocycles. The van der Waals surface area contributed by atoms with Crippen LogP contribution in [0.15, 0.2) is 78.0 Å². The summed E-state index contributed by atoms with van der Waals surface area (Å²) in [5.74, 6) is -0.296. The fourth-order valence-electron chi connectivity index (χ4n) is 2.63. The van der Waals surface area contributed by atoms with Gasteiger partial charge in [0.05, 0.1) is 4.90 Å². The highest BCUT2D eigenvalue weighted by atomic mass is 32.2. The van der Waals surface area contributed by atoms with Crippen molar-refractivity contribution in [3.8, 4) is 0 Å². The van der Waals surface area contributed by atoms with Crippen LogP contribution in [-0.2, 0) is 16.4 Å². The van der Waals surface area contributed by atoms with E-state index in [1.807, 2.05) is 36.4 Å². The molecule has 0 spiro atoms. The minimum atomic E-state index is -3.51. The van der Waals surface area contributed by atoms with Crippen LogP contribution in [-0.4, -0.2) is 37.7 Å². The van der Waals surface area contributed by atoms with Crippen LogP contribution in [0.25, 0.3) is 0 Å². The molecule has 0 aliphatic heterocycles. The Morgan fingerprint density at radius 2 is 1.46 bits per heavy atom. The van der Waals surface area contributed by atoms with Crippen LogP contribution < -0.4 is 5.32 Å². The van der Waals surface area contributed by atoms with Crippen molar-refractivity contribution < 1.29 is 13.2 Å². The zero-order valence-electron chi connectivity index (χ0n) is 15.7. The normalized spacial score (nSPS) is 11.4. The Balaban J connectivity index is 1.66. The smallest absolute Gasteiger partial charge is 0.255 e. The van der Waals surface area contributed by atoms with Gasteiger partial charge in [-0.25, -0.2) is 12.7 Å². The van der Waals surface area contributed by atoms with Crippen molar-refractivity contribution in [2.75, 3.05) is 19.4 Å². The molecular formula is C21H21N3O3S. The van der Waals surface area contributed by atoms with Crippen molar-refractivity contribution in [1.82, 2.24) is 9.29 Å². The number of amides is 1. The van der Waals surface area contributed by atoms with Gasteiger partial charge in [-0.15, -0.1) is 0 Å². The SMILES string of the molecule is CN(C)S(=O)(=O)c1ccc(C(=O)Nc2ccc(Cc3ccncc3)cc2)cc1. The highest BCUT2D eigenvalue weighted by molar-refractivity contribution is 7.89. The number of rotatable bonds is 6. The van der Waals surface area contributed by atoms with Crippen molar-refractivity contribution in [2.24, 2.45) is 0 Å². The molecule has 1 aromatic heterocycles. The molecule has 0 unspecified atom stereocenters. The lowest BCUT2D eigenvalue weighted by molar-refractivity contribution is 0.102. The highest BCUT2D eigenvalue weighted by Crippen LogP contribution is 2.17. The number of anilines is 1. The third kappa shape index (κ3) is 4.62. The maximum absolute atomic E-state index is 12.4. The number of pyridine rings is 1. The second-order valence-corrected chi connectivity index (χ2v) is 8.65. The first-order chi connectivity index (χ1) is 13.4. The van der Waals surface area contributed by atoms with E-state index >= 15 is 0 Å². The van der Waals surface area contributed by atoms with Crippen LogP contribution in [0.2, 0.25) is 0 Å². The average Bonchev–Trinajstić information content (AvgIpc) is 2.70. The van der Waals surface area contributed by atoms with Gasteiger partial charge in [-0.05, 0) is 66.1 Å². The Hall–Kier alpha value is -3.03. The third-order valence-corrected chi connectivity index (χ3v) is 6.09. The molecule has 1 amide bonds. The van der Waals surface area contributed by atoms with Gasteiger partial charge in [0.1, 0.15) is 0 Å². The predicted molar refractivity (Wildman–Crippen MR) is 109 cm³/mol. The number of carbonyl (C=O) groups excluding carboxylic acids is 1.